The standard InChI is InChI=1S/C22H18N4O3/c1-29-20-8-3-2-5-16(20)14-24-21(27)18-6-4-7-19(26-18)22(28)25-17-11-9-15(13-23)10-12-17/h2-12H,14H2,1H3,(H,24,27)(H,25,28). The highest BCUT2D eigenvalue weighted by Crippen LogP contribution is 2.17. The minimum atomic E-state index is -0.450. The van der Waals surface area contributed by atoms with Gasteiger partial charge in [0.25, 0.3) is 11.8 Å². The number of methoxy groups -OCH3 is 1. The third kappa shape index (κ3) is 4.96. The molecule has 0 radical (unpaired) electrons. The van der Waals surface area contributed by atoms with Gasteiger partial charge in [-0.1, -0.05) is 24.3 Å². The Morgan fingerprint density at radius 2 is 1.66 bits per heavy atom. The number of carbonyl (C=O) groups excluding carboxylic acids is 2. The van der Waals surface area contributed by atoms with Crippen LogP contribution in [0.3, 0.4) is 0 Å². The lowest BCUT2D eigenvalue weighted by atomic mass is 10.2. The Hall–Kier alpha value is -4.18. The molecule has 1 aromatic heterocycles. The van der Waals surface area contributed by atoms with Crippen molar-refractivity contribution in [2.24, 2.45) is 0 Å². The Labute approximate surface area is 168 Å². The van der Waals surface area contributed by atoms with Crippen LogP contribution in [-0.4, -0.2) is 23.9 Å². The molecule has 0 unspecified atom stereocenters. The summed E-state index contributed by atoms with van der Waals surface area (Å²) in [6.45, 7) is 0.270. The number of pyridine rings is 1. The largest absolute Gasteiger partial charge is 0.496 e. The molecule has 144 valence electrons. The number of para-hydroxylation sites is 1. The molecule has 0 saturated heterocycles. The number of amides is 2. The molecule has 7 nitrogen and oxygen atoms in total. The van der Waals surface area contributed by atoms with E-state index in [-0.39, 0.29) is 17.9 Å². The van der Waals surface area contributed by atoms with Gasteiger partial charge in [0, 0.05) is 17.8 Å². The lowest BCUT2D eigenvalue weighted by molar-refractivity contribution is 0.0945. The number of nitriles is 1. The van der Waals surface area contributed by atoms with E-state index in [2.05, 4.69) is 15.6 Å². The number of anilines is 1. The molecule has 0 aliphatic heterocycles. The van der Waals surface area contributed by atoms with Gasteiger partial charge in [-0.15, -0.1) is 0 Å². The fraction of sp³-hybridized carbons (Fsp3) is 0.0909. The second-order valence-corrected chi connectivity index (χ2v) is 6.05. The molecule has 0 spiro atoms. The third-order valence-electron chi connectivity index (χ3n) is 4.12. The van der Waals surface area contributed by atoms with E-state index in [0.717, 1.165) is 5.56 Å². The second-order valence-electron chi connectivity index (χ2n) is 6.05. The summed E-state index contributed by atoms with van der Waals surface area (Å²) in [4.78, 5) is 29.0. The molecule has 0 saturated carbocycles. The van der Waals surface area contributed by atoms with Gasteiger partial charge in [-0.2, -0.15) is 5.26 Å². The quantitative estimate of drug-likeness (QED) is 0.677. The molecule has 29 heavy (non-hydrogen) atoms. The maximum Gasteiger partial charge on any atom is 0.274 e. The van der Waals surface area contributed by atoms with Crippen LogP contribution >= 0.6 is 0 Å². The first-order valence-corrected chi connectivity index (χ1v) is 8.79. The highest BCUT2D eigenvalue weighted by molar-refractivity contribution is 6.03. The van der Waals surface area contributed by atoms with Crippen molar-refractivity contribution in [2.45, 2.75) is 6.54 Å². The van der Waals surface area contributed by atoms with Crippen LogP contribution in [0, 0.1) is 11.3 Å². The van der Waals surface area contributed by atoms with Crippen molar-refractivity contribution in [1.82, 2.24) is 10.3 Å². The monoisotopic (exact) mass is 386 g/mol. The number of ether oxygens (including phenoxy) is 1. The van der Waals surface area contributed by atoms with Crippen molar-refractivity contribution < 1.29 is 14.3 Å². The van der Waals surface area contributed by atoms with E-state index >= 15 is 0 Å². The van der Waals surface area contributed by atoms with Gasteiger partial charge in [-0.25, -0.2) is 4.98 Å². The molecule has 0 fully saturated rings. The van der Waals surface area contributed by atoms with Gasteiger partial charge in [0.15, 0.2) is 0 Å². The van der Waals surface area contributed by atoms with Gasteiger partial charge in [-0.05, 0) is 42.5 Å². The van der Waals surface area contributed by atoms with Crippen LogP contribution in [0.4, 0.5) is 5.69 Å². The van der Waals surface area contributed by atoms with Crippen molar-refractivity contribution in [1.29, 1.82) is 5.26 Å². The minimum Gasteiger partial charge on any atom is -0.496 e. The topological polar surface area (TPSA) is 104 Å². The van der Waals surface area contributed by atoms with E-state index in [9.17, 15) is 9.59 Å². The lowest BCUT2D eigenvalue weighted by Crippen LogP contribution is -2.25. The maximum atomic E-state index is 12.4. The SMILES string of the molecule is COc1ccccc1CNC(=O)c1cccc(C(=O)Nc2ccc(C#N)cc2)n1. The zero-order valence-corrected chi connectivity index (χ0v) is 15.7. The normalized spacial score (nSPS) is 9.93. The fourth-order valence-electron chi connectivity index (χ4n) is 2.63. The average molecular weight is 386 g/mol. The molecule has 7 heteroatoms. The Balaban J connectivity index is 1.67. The zero-order valence-electron chi connectivity index (χ0n) is 15.7. The zero-order chi connectivity index (χ0) is 20.6. The van der Waals surface area contributed by atoms with Crippen LogP contribution in [0.15, 0.2) is 66.7 Å². The van der Waals surface area contributed by atoms with Crippen LogP contribution in [-0.2, 0) is 6.54 Å². The number of nitrogens with zero attached hydrogens (tertiary/aromatic N) is 2. The van der Waals surface area contributed by atoms with E-state index in [0.29, 0.717) is 17.0 Å². The highest BCUT2D eigenvalue weighted by atomic mass is 16.5. The van der Waals surface area contributed by atoms with Crippen molar-refractivity contribution in [2.75, 3.05) is 12.4 Å². The second kappa shape index (κ2) is 9.15. The number of hydrogen-bond donors (Lipinski definition) is 2. The van der Waals surface area contributed by atoms with Crippen molar-refractivity contribution in [3.8, 4) is 11.8 Å². The molecule has 1 heterocycles. The van der Waals surface area contributed by atoms with Crippen molar-refractivity contribution >= 4 is 17.5 Å². The van der Waals surface area contributed by atoms with Crippen molar-refractivity contribution in [3.63, 3.8) is 0 Å². The van der Waals surface area contributed by atoms with E-state index in [1.165, 1.54) is 12.1 Å². The molecular formula is C22H18N4O3. The summed E-state index contributed by atoms with van der Waals surface area (Å²) >= 11 is 0. The fourth-order valence-corrected chi connectivity index (χ4v) is 2.63. The van der Waals surface area contributed by atoms with Crippen molar-refractivity contribution in [3.05, 3.63) is 89.2 Å². The van der Waals surface area contributed by atoms with Gasteiger partial charge >= 0.3 is 0 Å². The minimum absolute atomic E-state index is 0.110. The number of aromatic nitrogens is 1. The Bertz CT molecular complexity index is 1070. The predicted octanol–water partition coefficient (Wildman–Crippen LogP) is 3.14. The molecule has 2 amide bonds. The van der Waals surface area contributed by atoms with Gasteiger partial charge in [0.2, 0.25) is 0 Å². The third-order valence-corrected chi connectivity index (χ3v) is 4.12. The van der Waals surface area contributed by atoms with Crippen LogP contribution in [0.2, 0.25) is 0 Å². The number of hydrogen-bond acceptors (Lipinski definition) is 5. The lowest BCUT2D eigenvalue weighted by Gasteiger charge is -2.10. The molecule has 2 aromatic carbocycles. The van der Waals surface area contributed by atoms with Gasteiger partial charge < -0.3 is 15.4 Å². The van der Waals surface area contributed by atoms with E-state index < -0.39 is 11.8 Å². The number of benzene rings is 2. The van der Waals surface area contributed by atoms with Crippen LogP contribution in [0.25, 0.3) is 0 Å². The summed E-state index contributed by atoms with van der Waals surface area (Å²) in [5.74, 6) is -0.172. The average Bonchev–Trinajstić information content (AvgIpc) is 2.78. The maximum absolute atomic E-state index is 12.4. The van der Waals surface area contributed by atoms with Crippen LogP contribution < -0.4 is 15.4 Å². The van der Waals surface area contributed by atoms with E-state index in [1.54, 1.807) is 37.4 Å². The number of rotatable bonds is 6. The molecule has 0 atom stereocenters. The summed E-state index contributed by atoms with van der Waals surface area (Å²) in [6, 6.07) is 20.5. The van der Waals surface area contributed by atoms with Crippen LogP contribution in [0.5, 0.6) is 5.75 Å². The molecule has 0 aliphatic carbocycles. The summed E-state index contributed by atoms with van der Waals surface area (Å²) in [6.07, 6.45) is 0. The number of nitrogens with one attached hydrogen (secondary N) is 2. The number of carbonyl (C=O) groups is 2. The molecule has 3 rings (SSSR count). The molecular weight excluding hydrogens is 368 g/mol. The molecule has 3 aromatic rings. The predicted molar refractivity (Wildman–Crippen MR) is 108 cm³/mol. The Morgan fingerprint density at radius 1 is 0.966 bits per heavy atom. The van der Waals surface area contributed by atoms with Crippen LogP contribution in [0.1, 0.15) is 32.1 Å². The molecule has 0 aliphatic rings. The smallest absolute Gasteiger partial charge is 0.274 e. The first-order valence-electron chi connectivity index (χ1n) is 8.79. The summed E-state index contributed by atoms with van der Waals surface area (Å²) in [7, 11) is 1.57. The summed E-state index contributed by atoms with van der Waals surface area (Å²) in [5, 5.41) is 14.3. The van der Waals surface area contributed by atoms with E-state index in [4.69, 9.17) is 10.00 Å². The van der Waals surface area contributed by atoms with Gasteiger partial charge in [0.1, 0.15) is 17.1 Å². The Kier molecular flexibility index (Phi) is 6.18. The molecule has 2 N–H and O–H groups in total. The summed E-state index contributed by atoms with van der Waals surface area (Å²) in [5.41, 5.74) is 2.10. The summed E-state index contributed by atoms with van der Waals surface area (Å²) < 4.78 is 5.27. The first kappa shape index (κ1) is 19.6. The van der Waals surface area contributed by atoms with E-state index in [1.807, 2.05) is 30.3 Å². The Morgan fingerprint density at radius 3 is 2.34 bits per heavy atom. The van der Waals surface area contributed by atoms with Gasteiger partial charge in [-0.3, -0.25) is 9.59 Å². The van der Waals surface area contributed by atoms with Gasteiger partial charge in [0.05, 0.1) is 18.7 Å². The first-order chi connectivity index (χ1) is 14.1. The molecule has 0 bridgehead atoms. The highest BCUT2D eigenvalue weighted by Gasteiger charge is 2.13.